The number of urea groups is 1. The maximum Gasteiger partial charge on any atom is 0.322 e. The molecule has 0 spiro atoms. The molecule has 0 saturated carbocycles. The van der Waals surface area contributed by atoms with Crippen LogP contribution in [-0.4, -0.2) is 37.1 Å². The summed E-state index contributed by atoms with van der Waals surface area (Å²) >= 11 is 7.57. The van der Waals surface area contributed by atoms with E-state index in [0.29, 0.717) is 34.5 Å². The molecular formula is C21H19ClN4O3S. The molecule has 2 N–H and O–H groups in total. The van der Waals surface area contributed by atoms with Gasteiger partial charge in [-0.1, -0.05) is 23.2 Å². The van der Waals surface area contributed by atoms with E-state index in [-0.39, 0.29) is 11.9 Å². The Balaban J connectivity index is 1.56. The van der Waals surface area contributed by atoms with Gasteiger partial charge < -0.3 is 10.1 Å². The van der Waals surface area contributed by atoms with Crippen molar-refractivity contribution in [2.45, 2.75) is 6.92 Å². The summed E-state index contributed by atoms with van der Waals surface area (Å²) in [6, 6.07) is 10.5. The average molecular weight is 443 g/mol. The van der Waals surface area contributed by atoms with E-state index in [1.165, 1.54) is 16.2 Å². The largest absolute Gasteiger partial charge is 0.496 e. The van der Waals surface area contributed by atoms with E-state index < -0.39 is 0 Å². The van der Waals surface area contributed by atoms with Crippen LogP contribution < -0.4 is 20.3 Å². The van der Waals surface area contributed by atoms with E-state index in [2.05, 4.69) is 15.6 Å². The zero-order chi connectivity index (χ0) is 21.3. The molecule has 3 aromatic rings. The van der Waals surface area contributed by atoms with Crippen molar-refractivity contribution < 1.29 is 14.3 Å². The molecule has 30 heavy (non-hydrogen) atoms. The summed E-state index contributed by atoms with van der Waals surface area (Å²) in [5, 5.41) is 8.28. The second-order valence-electron chi connectivity index (χ2n) is 6.75. The Kier molecular flexibility index (Phi) is 5.61. The molecule has 154 valence electrons. The monoisotopic (exact) mass is 442 g/mol. The molecule has 0 aliphatic carbocycles. The second kappa shape index (κ2) is 8.33. The molecule has 1 fully saturated rings. The Morgan fingerprint density at radius 1 is 1.30 bits per heavy atom. The quantitative estimate of drug-likeness (QED) is 0.606. The van der Waals surface area contributed by atoms with Crippen LogP contribution in [-0.2, 0) is 0 Å². The minimum absolute atomic E-state index is 0.230. The Morgan fingerprint density at radius 2 is 2.13 bits per heavy atom. The van der Waals surface area contributed by atoms with Gasteiger partial charge in [0.2, 0.25) is 0 Å². The van der Waals surface area contributed by atoms with Gasteiger partial charge in [-0.05, 0) is 37.3 Å². The number of rotatable bonds is 5. The fraction of sp³-hybridized carbons (Fsp3) is 0.190. The lowest BCUT2D eigenvalue weighted by Crippen LogP contribution is -2.28. The number of carbonyl (C=O) groups is 2. The molecule has 7 nitrogen and oxygen atoms in total. The lowest BCUT2D eigenvalue weighted by atomic mass is 10.1. The van der Waals surface area contributed by atoms with Gasteiger partial charge in [0, 0.05) is 29.6 Å². The molecule has 0 unspecified atom stereocenters. The Bertz CT molecular complexity index is 1130. The summed E-state index contributed by atoms with van der Waals surface area (Å²) in [5.74, 6) is 0.389. The summed E-state index contributed by atoms with van der Waals surface area (Å²) in [6.45, 7) is 3.03. The number of thiazole rings is 1. The molecule has 1 aliphatic rings. The van der Waals surface area contributed by atoms with Crippen LogP contribution in [0.4, 0.5) is 15.6 Å². The van der Waals surface area contributed by atoms with Crippen LogP contribution >= 0.6 is 22.9 Å². The zero-order valence-electron chi connectivity index (χ0n) is 16.4. The van der Waals surface area contributed by atoms with Crippen LogP contribution in [0.25, 0.3) is 11.3 Å². The van der Waals surface area contributed by atoms with Crippen molar-refractivity contribution in [3.05, 3.63) is 57.9 Å². The molecule has 4 rings (SSSR count). The number of nitrogens with one attached hydrogen (secondary N) is 2. The number of carbonyl (C=O) groups excluding carboxylic acids is 2. The summed E-state index contributed by atoms with van der Waals surface area (Å²) in [4.78, 5) is 30.8. The number of halogens is 1. The molecule has 0 bridgehead atoms. The highest BCUT2D eigenvalue weighted by Gasteiger charge is 2.24. The zero-order valence-corrected chi connectivity index (χ0v) is 17.9. The first-order valence-corrected chi connectivity index (χ1v) is 10.5. The summed E-state index contributed by atoms with van der Waals surface area (Å²) in [5.41, 5.74) is 3.57. The standard InChI is InChI=1S/C21H19ClN4O3S/c1-12-3-6-18(29-2)14(9-12)16-11-30-20(24-16)25-19(27)13-4-5-15(22)17(10-13)26-8-7-23-21(26)28/h3-6,9-11H,7-8H2,1-2H3,(H,23,28)(H,24,25,27). The fourth-order valence-corrected chi connectivity index (χ4v) is 4.13. The molecule has 0 radical (unpaired) electrons. The van der Waals surface area contributed by atoms with Crippen LogP contribution in [0.3, 0.4) is 0 Å². The summed E-state index contributed by atoms with van der Waals surface area (Å²) in [6.07, 6.45) is 0. The highest BCUT2D eigenvalue weighted by Crippen LogP contribution is 2.33. The van der Waals surface area contributed by atoms with Gasteiger partial charge >= 0.3 is 6.03 Å². The van der Waals surface area contributed by atoms with Gasteiger partial charge in [-0.3, -0.25) is 15.0 Å². The van der Waals surface area contributed by atoms with E-state index in [1.807, 2.05) is 30.5 Å². The van der Waals surface area contributed by atoms with E-state index in [4.69, 9.17) is 16.3 Å². The van der Waals surface area contributed by atoms with Crippen molar-refractivity contribution in [2.75, 3.05) is 30.4 Å². The van der Waals surface area contributed by atoms with Gasteiger partial charge in [-0.2, -0.15) is 0 Å². The smallest absolute Gasteiger partial charge is 0.322 e. The van der Waals surface area contributed by atoms with E-state index in [0.717, 1.165) is 22.6 Å². The molecule has 9 heteroatoms. The van der Waals surface area contributed by atoms with E-state index in [1.54, 1.807) is 25.3 Å². The van der Waals surface area contributed by atoms with Crippen molar-refractivity contribution in [3.8, 4) is 17.0 Å². The van der Waals surface area contributed by atoms with Crippen molar-refractivity contribution >= 4 is 45.7 Å². The van der Waals surface area contributed by atoms with Gasteiger partial charge in [0.05, 0.1) is 23.5 Å². The predicted molar refractivity (Wildman–Crippen MR) is 119 cm³/mol. The minimum Gasteiger partial charge on any atom is -0.496 e. The third-order valence-corrected chi connectivity index (χ3v) is 5.79. The highest BCUT2D eigenvalue weighted by atomic mass is 35.5. The van der Waals surface area contributed by atoms with Crippen LogP contribution in [0.5, 0.6) is 5.75 Å². The number of amides is 3. The van der Waals surface area contributed by atoms with Crippen LogP contribution in [0.2, 0.25) is 5.02 Å². The predicted octanol–water partition coefficient (Wildman–Crippen LogP) is 4.56. The first kappa shape index (κ1) is 20.2. The number of benzene rings is 2. The van der Waals surface area contributed by atoms with Gasteiger partial charge in [0.25, 0.3) is 5.91 Å². The lowest BCUT2D eigenvalue weighted by Gasteiger charge is -2.16. The Labute approximate surface area is 182 Å². The number of aryl methyl sites for hydroxylation is 1. The topological polar surface area (TPSA) is 83.6 Å². The first-order valence-electron chi connectivity index (χ1n) is 9.23. The van der Waals surface area contributed by atoms with Gasteiger partial charge in [0.1, 0.15) is 5.75 Å². The Hall–Kier alpha value is -3.10. The molecule has 1 aromatic heterocycles. The van der Waals surface area contributed by atoms with Crippen molar-refractivity contribution in [1.82, 2.24) is 10.3 Å². The minimum atomic E-state index is -0.329. The van der Waals surface area contributed by atoms with E-state index >= 15 is 0 Å². The average Bonchev–Trinajstić information content (AvgIpc) is 3.37. The van der Waals surface area contributed by atoms with Crippen LogP contribution in [0.1, 0.15) is 15.9 Å². The third-order valence-electron chi connectivity index (χ3n) is 4.71. The molecule has 2 aromatic carbocycles. The van der Waals surface area contributed by atoms with Crippen molar-refractivity contribution in [3.63, 3.8) is 0 Å². The summed E-state index contributed by atoms with van der Waals surface area (Å²) in [7, 11) is 1.61. The molecule has 2 heterocycles. The molecule has 1 saturated heterocycles. The molecule has 0 atom stereocenters. The van der Waals surface area contributed by atoms with Crippen molar-refractivity contribution in [2.24, 2.45) is 0 Å². The normalized spacial score (nSPS) is 13.3. The Morgan fingerprint density at radius 3 is 2.87 bits per heavy atom. The maximum absolute atomic E-state index is 12.8. The number of anilines is 2. The van der Waals surface area contributed by atoms with Gasteiger partial charge in [-0.15, -0.1) is 11.3 Å². The maximum atomic E-state index is 12.8. The molecule has 1 aliphatic heterocycles. The van der Waals surface area contributed by atoms with Crippen molar-refractivity contribution in [1.29, 1.82) is 0 Å². The summed E-state index contributed by atoms with van der Waals surface area (Å²) < 4.78 is 5.42. The lowest BCUT2D eigenvalue weighted by molar-refractivity contribution is 0.102. The highest BCUT2D eigenvalue weighted by molar-refractivity contribution is 7.14. The van der Waals surface area contributed by atoms with Gasteiger partial charge in [-0.25, -0.2) is 9.78 Å². The third kappa shape index (κ3) is 3.96. The molecule has 3 amide bonds. The van der Waals surface area contributed by atoms with Gasteiger partial charge in [0.15, 0.2) is 5.13 Å². The first-order chi connectivity index (χ1) is 14.5. The second-order valence-corrected chi connectivity index (χ2v) is 8.01. The number of nitrogens with zero attached hydrogens (tertiary/aromatic N) is 2. The number of methoxy groups -OCH3 is 1. The SMILES string of the molecule is COc1ccc(C)cc1-c1csc(NC(=O)c2ccc(Cl)c(N3CCNC3=O)c2)n1. The fourth-order valence-electron chi connectivity index (χ4n) is 3.21. The van der Waals surface area contributed by atoms with E-state index in [9.17, 15) is 9.59 Å². The molecular weight excluding hydrogens is 424 g/mol. The number of hydrogen-bond acceptors (Lipinski definition) is 5. The van der Waals surface area contributed by atoms with Crippen LogP contribution in [0.15, 0.2) is 41.8 Å². The number of ether oxygens (including phenoxy) is 1. The van der Waals surface area contributed by atoms with Crippen LogP contribution in [0, 0.1) is 6.92 Å². The number of hydrogen-bond donors (Lipinski definition) is 2. The number of aromatic nitrogens is 1.